The molecule has 0 saturated heterocycles. The molecule has 158 valence electrons. The van der Waals surface area contributed by atoms with Crippen LogP contribution < -0.4 is 17.2 Å². The number of ketones is 2. The zero-order valence-electron chi connectivity index (χ0n) is 15.8. The monoisotopic (exact) mass is 415 g/mol. The number of aliphatic hydroxyl groups is 3. The number of hydrogen-bond acceptors (Lipinski definition) is 9. The molecule has 0 bridgehead atoms. The quantitative estimate of drug-likeness (QED) is 0.294. The standard InChI is InChI=1S/C20H21N3O7/c21-5-6-1-7-3-8-4-9-14(22)16(26)13(19(23)29)18(28)20(9,30)17(27)12(8)15(25)11(7)10(24)2-6/h1-2,8-9,14,24,26-27,30H,3-5,21-22H2,(H2,23,29)/t8-,9-,14?,20-/m0/s1. The van der Waals surface area contributed by atoms with E-state index in [4.69, 9.17) is 17.2 Å². The average molecular weight is 415 g/mol. The van der Waals surface area contributed by atoms with Gasteiger partial charge in [0, 0.05) is 18.0 Å². The van der Waals surface area contributed by atoms with Crippen LogP contribution in [0.15, 0.2) is 34.8 Å². The number of Topliss-reactive ketones (excluding diaryl/α,β-unsaturated/α-hetero) is 2. The molecule has 3 aliphatic carbocycles. The fraction of sp³-hybridized carbons (Fsp3) is 0.350. The highest BCUT2D eigenvalue weighted by Gasteiger charge is 2.62. The van der Waals surface area contributed by atoms with Crippen molar-refractivity contribution in [3.8, 4) is 5.75 Å². The third-order valence-electron chi connectivity index (χ3n) is 6.36. The van der Waals surface area contributed by atoms with Crippen molar-refractivity contribution in [3.05, 3.63) is 51.5 Å². The van der Waals surface area contributed by atoms with E-state index in [-0.39, 0.29) is 36.3 Å². The molecule has 0 fully saturated rings. The first-order valence-corrected chi connectivity index (χ1v) is 9.32. The third-order valence-corrected chi connectivity index (χ3v) is 6.36. The van der Waals surface area contributed by atoms with Crippen LogP contribution in [0.3, 0.4) is 0 Å². The van der Waals surface area contributed by atoms with Crippen LogP contribution in [0.25, 0.3) is 0 Å². The number of allylic oxidation sites excluding steroid dienone is 1. The Kier molecular flexibility index (Phi) is 4.28. The molecule has 10 N–H and O–H groups in total. The predicted octanol–water partition coefficient (Wildman–Crippen LogP) is -1.02. The molecule has 0 heterocycles. The SMILES string of the molecule is NCc1cc(O)c2c(c1)C[C@H]1C[C@H]3C(N)C(O)=C(C(N)=O)C(=O)[C@@]3(O)C(O)=C1C2=O. The molecule has 1 aromatic carbocycles. The molecule has 0 spiro atoms. The summed E-state index contributed by atoms with van der Waals surface area (Å²) in [4.78, 5) is 37.7. The highest BCUT2D eigenvalue weighted by atomic mass is 16.3. The molecule has 1 amide bonds. The lowest BCUT2D eigenvalue weighted by molar-refractivity contribution is -0.145. The van der Waals surface area contributed by atoms with Gasteiger partial charge >= 0.3 is 0 Å². The van der Waals surface area contributed by atoms with Crippen LogP contribution in [0, 0.1) is 11.8 Å². The molecule has 1 aromatic rings. The van der Waals surface area contributed by atoms with Crippen LogP contribution in [-0.4, -0.2) is 49.5 Å². The molecule has 4 rings (SSSR count). The largest absolute Gasteiger partial charge is 0.510 e. The number of fused-ring (bicyclic) bond motifs is 3. The summed E-state index contributed by atoms with van der Waals surface area (Å²) in [6.07, 6.45) is 0.181. The fourth-order valence-corrected chi connectivity index (χ4v) is 4.92. The smallest absolute Gasteiger partial charge is 0.255 e. The van der Waals surface area contributed by atoms with Gasteiger partial charge in [0.15, 0.2) is 11.4 Å². The molecule has 0 saturated carbocycles. The van der Waals surface area contributed by atoms with Gasteiger partial charge in [-0.15, -0.1) is 0 Å². The second-order valence-corrected chi connectivity index (χ2v) is 7.93. The number of aromatic hydroxyl groups is 1. The summed E-state index contributed by atoms with van der Waals surface area (Å²) in [5.41, 5.74) is 14.0. The Balaban J connectivity index is 1.92. The van der Waals surface area contributed by atoms with Gasteiger partial charge in [-0.2, -0.15) is 0 Å². The van der Waals surface area contributed by atoms with E-state index in [0.29, 0.717) is 11.1 Å². The zero-order chi connectivity index (χ0) is 22.1. The number of hydrogen-bond donors (Lipinski definition) is 7. The predicted molar refractivity (Wildman–Crippen MR) is 102 cm³/mol. The first kappa shape index (κ1) is 20.1. The van der Waals surface area contributed by atoms with Gasteiger partial charge < -0.3 is 37.6 Å². The second-order valence-electron chi connectivity index (χ2n) is 7.93. The maximum Gasteiger partial charge on any atom is 0.255 e. The molecule has 0 aliphatic heterocycles. The summed E-state index contributed by atoms with van der Waals surface area (Å²) in [5, 5.41) is 42.6. The number of rotatable bonds is 2. The van der Waals surface area contributed by atoms with Crippen LogP contribution in [0.4, 0.5) is 0 Å². The Morgan fingerprint density at radius 2 is 1.87 bits per heavy atom. The summed E-state index contributed by atoms with van der Waals surface area (Å²) in [7, 11) is 0. The van der Waals surface area contributed by atoms with Gasteiger partial charge in [-0.05, 0) is 36.0 Å². The normalized spacial score (nSPS) is 30.7. The minimum absolute atomic E-state index is 0.0301. The molecule has 0 aromatic heterocycles. The average Bonchev–Trinajstić information content (AvgIpc) is 2.68. The molecule has 1 unspecified atom stereocenters. The van der Waals surface area contributed by atoms with Gasteiger partial charge in [-0.1, -0.05) is 6.07 Å². The van der Waals surface area contributed by atoms with E-state index in [9.17, 15) is 34.8 Å². The van der Waals surface area contributed by atoms with Crippen molar-refractivity contribution in [1.29, 1.82) is 0 Å². The summed E-state index contributed by atoms with van der Waals surface area (Å²) < 4.78 is 0. The number of carbonyl (C=O) groups excluding carboxylic acids is 3. The number of aliphatic hydroxyl groups excluding tert-OH is 2. The maximum atomic E-state index is 13.2. The highest BCUT2D eigenvalue weighted by molar-refractivity contribution is 6.24. The van der Waals surface area contributed by atoms with Gasteiger partial charge in [0.2, 0.25) is 5.78 Å². The first-order chi connectivity index (χ1) is 14.0. The van der Waals surface area contributed by atoms with Crippen LogP contribution in [-0.2, 0) is 22.6 Å². The van der Waals surface area contributed by atoms with E-state index in [1.807, 2.05) is 0 Å². The van der Waals surface area contributed by atoms with Crippen molar-refractivity contribution < 1.29 is 34.8 Å². The highest BCUT2D eigenvalue weighted by Crippen LogP contribution is 2.51. The van der Waals surface area contributed by atoms with Crippen molar-refractivity contribution >= 4 is 17.5 Å². The Morgan fingerprint density at radius 1 is 1.20 bits per heavy atom. The lowest BCUT2D eigenvalue weighted by Gasteiger charge is -2.47. The maximum absolute atomic E-state index is 13.2. The molecule has 3 aliphatic rings. The number of primary amides is 1. The summed E-state index contributed by atoms with van der Waals surface area (Å²) in [5.74, 6) is -7.22. The molecule has 10 nitrogen and oxygen atoms in total. The van der Waals surface area contributed by atoms with Gasteiger partial charge in [0.05, 0.1) is 11.6 Å². The number of nitrogens with two attached hydrogens (primary N) is 3. The Bertz CT molecular complexity index is 1090. The Morgan fingerprint density at radius 3 is 2.47 bits per heavy atom. The minimum Gasteiger partial charge on any atom is -0.510 e. The van der Waals surface area contributed by atoms with Crippen molar-refractivity contribution in [2.45, 2.75) is 31.0 Å². The topological polar surface area (TPSA) is 210 Å². The van der Waals surface area contributed by atoms with Crippen molar-refractivity contribution in [2.75, 3.05) is 0 Å². The summed E-state index contributed by atoms with van der Waals surface area (Å²) in [6, 6.07) is 1.65. The zero-order valence-corrected chi connectivity index (χ0v) is 15.8. The summed E-state index contributed by atoms with van der Waals surface area (Å²) in [6.45, 7) is 0.143. The van der Waals surface area contributed by atoms with E-state index >= 15 is 0 Å². The minimum atomic E-state index is -2.69. The number of benzene rings is 1. The molecule has 0 radical (unpaired) electrons. The van der Waals surface area contributed by atoms with Crippen molar-refractivity contribution in [2.24, 2.45) is 29.0 Å². The number of amides is 1. The van der Waals surface area contributed by atoms with E-state index < -0.39 is 58.0 Å². The number of carbonyl (C=O) groups is 3. The van der Waals surface area contributed by atoms with E-state index in [0.717, 1.165) is 0 Å². The van der Waals surface area contributed by atoms with Crippen molar-refractivity contribution in [3.63, 3.8) is 0 Å². The lowest BCUT2D eigenvalue weighted by Crippen LogP contribution is -2.63. The van der Waals surface area contributed by atoms with Gasteiger partial charge in [-0.25, -0.2) is 0 Å². The molecule has 10 heteroatoms. The van der Waals surface area contributed by atoms with E-state index in [1.54, 1.807) is 6.07 Å². The van der Waals surface area contributed by atoms with Crippen LogP contribution in [0.2, 0.25) is 0 Å². The Labute approximate surface area is 170 Å². The van der Waals surface area contributed by atoms with Gasteiger partial charge in [0.1, 0.15) is 22.8 Å². The number of phenolic OH excluding ortho intramolecular Hbond substituents is 1. The van der Waals surface area contributed by atoms with Gasteiger partial charge in [-0.3, -0.25) is 14.4 Å². The molecule has 30 heavy (non-hydrogen) atoms. The van der Waals surface area contributed by atoms with Crippen LogP contribution in [0.5, 0.6) is 5.75 Å². The molecular weight excluding hydrogens is 394 g/mol. The molecule has 4 atom stereocenters. The van der Waals surface area contributed by atoms with Gasteiger partial charge in [0.25, 0.3) is 5.91 Å². The van der Waals surface area contributed by atoms with Crippen molar-refractivity contribution in [1.82, 2.24) is 0 Å². The lowest BCUT2D eigenvalue weighted by atomic mass is 9.59. The Hall–Kier alpha value is -3.21. The summed E-state index contributed by atoms with van der Waals surface area (Å²) >= 11 is 0. The fourth-order valence-electron chi connectivity index (χ4n) is 4.92. The van der Waals surface area contributed by atoms with E-state index in [1.165, 1.54) is 6.07 Å². The molecular formula is C20H21N3O7. The van der Waals surface area contributed by atoms with Crippen LogP contribution in [0.1, 0.15) is 27.9 Å². The third kappa shape index (κ3) is 2.38. The number of phenols is 1. The second kappa shape index (κ2) is 6.39. The van der Waals surface area contributed by atoms with Crippen LogP contribution >= 0.6 is 0 Å². The van der Waals surface area contributed by atoms with E-state index in [2.05, 4.69) is 0 Å². The first-order valence-electron chi connectivity index (χ1n) is 9.32.